The van der Waals surface area contributed by atoms with E-state index >= 15 is 0 Å². The number of non-ortho nitro benzene ring substituents is 1. The molecule has 0 fully saturated rings. The Morgan fingerprint density at radius 3 is 2.53 bits per heavy atom. The van der Waals surface area contributed by atoms with Gasteiger partial charge >= 0.3 is 0 Å². The summed E-state index contributed by atoms with van der Waals surface area (Å²) in [5.41, 5.74) is 0.399. The van der Waals surface area contributed by atoms with Gasteiger partial charge in [-0.2, -0.15) is 0 Å². The highest BCUT2D eigenvalue weighted by molar-refractivity contribution is 6.32. The number of halogens is 1. The second-order valence-corrected chi connectivity index (χ2v) is 3.88. The number of nitrogens with zero attached hydrogens (tertiary/aromatic N) is 4. The average molecular weight is 279 g/mol. The van der Waals surface area contributed by atoms with Crippen LogP contribution in [0.4, 0.5) is 17.2 Å². The first-order chi connectivity index (χ1) is 9.06. The van der Waals surface area contributed by atoms with E-state index in [9.17, 15) is 10.1 Å². The van der Waals surface area contributed by atoms with Crippen LogP contribution in [0.2, 0.25) is 5.02 Å². The van der Waals surface area contributed by atoms with E-state index in [1.165, 1.54) is 36.5 Å². The smallest absolute Gasteiger partial charge is 0.269 e. The van der Waals surface area contributed by atoms with Crippen molar-refractivity contribution < 1.29 is 10.0 Å². The molecule has 0 spiro atoms. The summed E-state index contributed by atoms with van der Waals surface area (Å²) < 4.78 is 0. The highest BCUT2D eigenvalue weighted by atomic mass is 35.5. The third-order valence-corrected chi connectivity index (χ3v) is 2.41. The lowest BCUT2D eigenvalue weighted by atomic mass is 10.3. The number of benzene rings is 1. The molecule has 0 saturated carbocycles. The molecule has 0 saturated heterocycles. The second kappa shape index (κ2) is 5.40. The Bertz CT molecular complexity index is 643. The van der Waals surface area contributed by atoms with E-state index in [-0.39, 0.29) is 22.3 Å². The summed E-state index contributed by atoms with van der Waals surface area (Å²) >= 11 is 5.80. The van der Waals surface area contributed by atoms with E-state index in [2.05, 4.69) is 15.2 Å². The van der Waals surface area contributed by atoms with Gasteiger partial charge in [-0.15, -0.1) is 10.2 Å². The van der Waals surface area contributed by atoms with Gasteiger partial charge in [0.1, 0.15) is 5.75 Å². The highest BCUT2D eigenvalue weighted by Crippen LogP contribution is 2.27. The van der Waals surface area contributed by atoms with Crippen LogP contribution in [0.3, 0.4) is 0 Å². The minimum Gasteiger partial charge on any atom is -0.506 e. The molecule has 0 bridgehead atoms. The van der Waals surface area contributed by atoms with Gasteiger partial charge in [-0.1, -0.05) is 11.6 Å². The van der Waals surface area contributed by atoms with E-state index in [0.717, 1.165) is 0 Å². The van der Waals surface area contributed by atoms with Gasteiger partial charge < -0.3 is 5.11 Å². The maximum atomic E-state index is 10.5. The van der Waals surface area contributed by atoms with Crippen molar-refractivity contribution in [3.63, 3.8) is 0 Å². The molecule has 0 radical (unpaired) electrons. The molecule has 19 heavy (non-hydrogen) atoms. The Kier molecular flexibility index (Phi) is 3.67. The van der Waals surface area contributed by atoms with E-state index in [0.29, 0.717) is 5.69 Å². The molecule has 0 aliphatic carbocycles. The lowest BCUT2D eigenvalue weighted by Crippen LogP contribution is -1.85. The molecule has 1 heterocycles. The zero-order chi connectivity index (χ0) is 13.8. The SMILES string of the molecule is O=[N+]([O-])c1ccc(N=Nc2ncc(O)cc2Cl)cc1. The number of hydrogen-bond acceptors (Lipinski definition) is 6. The van der Waals surface area contributed by atoms with Crippen LogP contribution in [0.25, 0.3) is 0 Å². The molecule has 96 valence electrons. The van der Waals surface area contributed by atoms with Crippen molar-refractivity contribution in [1.82, 2.24) is 4.98 Å². The molecular formula is C11H7ClN4O3. The van der Waals surface area contributed by atoms with Gasteiger partial charge in [0.2, 0.25) is 0 Å². The standard InChI is InChI=1S/C11H7ClN4O3/c12-10-5-9(17)6-13-11(10)15-14-7-1-3-8(4-2-7)16(18)19/h1-6,17H. The van der Waals surface area contributed by atoms with Crippen molar-refractivity contribution >= 4 is 28.8 Å². The molecule has 1 aromatic heterocycles. The Morgan fingerprint density at radius 1 is 1.26 bits per heavy atom. The predicted octanol–water partition coefficient (Wildman–Crippen LogP) is 3.76. The van der Waals surface area contributed by atoms with Gasteiger partial charge in [-0.3, -0.25) is 10.1 Å². The summed E-state index contributed by atoms with van der Waals surface area (Å²) in [5, 5.41) is 27.4. The fourth-order valence-electron chi connectivity index (χ4n) is 1.24. The molecule has 1 aromatic carbocycles. The Labute approximate surface area is 112 Å². The quantitative estimate of drug-likeness (QED) is 0.524. The maximum Gasteiger partial charge on any atom is 0.269 e. The molecule has 0 aliphatic rings. The Balaban J connectivity index is 2.20. The van der Waals surface area contributed by atoms with Crippen LogP contribution in [-0.4, -0.2) is 15.0 Å². The van der Waals surface area contributed by atoms with Gasteiger partial charge in [0, 0.05) is 18.2 Å². The van der Waals surface area contributed by atoms with Gasteiger partial charge in [-0.25, -0.2) is 4.98 Å². The molecule has 0 aliphatic heterocycles. The predicted molar refractivity (Wildman–Crippen MR) is 68.2 cm³/mol. The molecule has 2 rings (SSSR count). The summed E-state index contributed by atoms with van der Waals surface area (Å²) in [6, 6.07) is 6.84. The first kappa shape index (κ1) is 12.9. The normalized spacial score (nSPS) is 10.8. The zero-order valence-electron chi connectivity index (χ0n) is 9.39. The third kappa shape index (κ3) is 3.23. The number of aromatic hydroxyl groups is 1. The van der Waals surface area contributed by atoms with Gasteiger partial charge in [-0.05, 0) is 12.1 Å². The number of nitro groups is 1. The lowest BCUT2D eigenvalue weighted by molar-refractivity contribution is -0.384. The van der Waals surface area contributed by atoms with Crippen LogP contribution in [0.1, 0.15) is 0 Å². The number of pyridine rings is 1. The molecule has 1 N–H and O–H groups in total. The Morgan fingerprint density at radius 2 is 1.95 bits per heavy atom. The van der Waals surface area contributed by atoms with Gasteiger partial charge in [0.05, 0.1) is 21.8 Å². The zero-order valence-corrected chi connectivity index (χ0v) is 10.2. The highest BCUT2D eigenvalue weighted by Gasteiger charge is 2.04. The summed E-state index contributed by atoms with van der Waals surface area (Å²) in [5.74, 6) is 0.0807. The summed E-state index contributed by atoms with van der Waals surface area (Å²) in [7, 11) is 0. The van der Waals surface area contributed by atoms with Crippen LogP contribution in [0.5, 0.6) is 5.75 Å². The molecule has 2 aromatic rings. The van der Waals surface area contributed by atoms with Gasteiger partial charge in [0.15, 0.2) is 5.82 Å². The fraction of sp³-hybridized carbons (Fsp3) is 0. The van der Waals surface area contributed by atoms with E-state index in [4.69, 9.17) is 16.7 Å². The maximum absolute atomic E-state index is 10.5. The summed E-state index contributed by atoms with van der Waals surface area (Å²) in [4.78, 5) is 13.8. The van der Waals surface area contributed by atoms with Crippen molar-refractivity contribution in [2.75, 3.05) is 0 Å². The van der Waals surface area contributed by atoms with Crippen molar-refractivity contribution in [2.45, 2.75) is 0 Å². The first-order valence-corrected chi connectivity index (χ1v) is 5.45. The average Bonchev–Trinajstić information content (AvgIpc) is 2.38. The summed E-state index contributed by atoms with van der Waals surface area (Å²) in [6.45, 7) is 0. The second-order valence-electron chi connectivity index (χ2n) is 3.47. The molecule has 0 amide bonds. The minimum atomic E-state index is -0.501. The number of rotatable bonds is 3. The molecule has 7 nitrogen and oxygen atoms in total. The number of hydrogen-bond donors (Lipinski definition) is 1. The molecular weight excluding hydrogens is 272 g/mol. The van der Waals surface area contributed by atoms with Gasteiger partial charge in [0.25, 0.3) is 5.69 Å². The molecule has 8 heteroatoms. The van der Waals surface area contributed by atoms with E-state index in [1.54, 1.807) is 0 Å². The number of nitro benzene ring substituents is 1. The largest absolute Gasteiger partial charge is 0.506 e. The molecule has 0 atom stereocenters. The topological polar surface area (TPSA) is 101 Å². The minimum absolute atomic E-state index is 0.0280. The third-order valence-electron chi connectivity index (χ3n) is 2.13. The number of aromatic nitrogens is 1. The van der Waals surface area contributed by atoms with Crippen LogP contribution in [0, 0.1) is 10.1 Å². The van der Waals surface area contributed by atoms with Crippen molar-refractivity contribution in [3.05, 3.63) is 51.7 Å². The van der Waals surface area contributed by atoms with Crippen LogP contribution in [-0.2, 0) is 0 Å². The fourth-order valence-corrected chi connectivity index (χ4v) is 1.44. The van der Waals surface area contributed by atoms with E-state index in [1.807, 2.05) is 0 Å². The Hall–Kier alpha value is -2.54. The first-order valence-electron chi connectivity index (χ1n) is 5.07. The van der Waals surface area contributed by atoms with Crippen molar-refractivity contribution in [3.8, 4) is 5.75 Å². The molecule has 0 unspecified atom stereocenters. The van der Waals surface area contributed by atoms with Crippen LogP contribution in [0.15, 0.2) is 46.8 Å². The summed E-state index contributed by atoms with van der Waals surface area (Å²) in [6.07, 6.45) is 1.19. The number of azo groups is 1. The van der Waals surface area contributed by atoms with Crippen LogP contribution < -0.4 is 0 Å². The van der Waals surface area contributed by atoms with E-state index < -0.39 is 4.92 Å². The van der Waals surface area contributed by atoms with Crippen LogP contribution >= 0.6 is 11.6 Å². The monoisotopic (exact) mass is 278 g/mol. The van der Waals surface area contributed by atoms with Crippen molar-refractivity contribution in [2.24, 2.45) is 10.2 Å². The van der Waals surface area contributed by atoms with Crippen molar-refractivity contribution in [1.29, 1.82) is 0 Å². The lowest BCUT2D eigenvalue weighted by Gasteiger charge is -1.96.